The van der Waals surface area contributed by atoms with Crippen molar-refractivity contribution in [3.63, 3.8) is 0 Å². The van der Waals surface area contributed by atoms with E-state index in [1.165, 1.54) is 5.56 Å². The summed E-state index contributed by atoms with van der Waals surface area (Å²) in [7, 11) is 1.92. The summed E-state index contributed by atoms with van der Waals surface area (Å²) in [4.78, 5) is 0. The maximum Gasteiger partial charge on any atom is 0.124 e. The average molecular weight is 191 g/mol. The molecule has 0 aliphatic carbocycles. The lowest BCUT2D eigenvalue weighted by Gasteiger charge is -2.14. The zero-order valence-electron chi connectivity index (χ0n) is 8.79. The van der Waals surface area contributed by atoms with Crippen molar-refractivity contribution in [1.82, 2.24) is 5.32 Å². The van der Waals surface area contributed by atoms with E-state index in [0.29, 0.717) is 0 Å². The summed E-state index contributed by atoms with van der Waals surface area (Å²) < 4.78 is 5.69. The van der Waals surface area contributed by atoms with Gasteiger partial charge in [0.25, 0.3) is 0 Å². The molecule has 0 bridgehead atoms. The molecule has 1 aromatic rings. The molecule has 76 valence electrons. The maximum atomic E-state index is 5.69. The Labute approximate surface area is 85.6 Å². The fourth-order valence-corrected chi connectivity index (χ4v) is 1.20. The Bertz CT molecular complexity index is 296. The van der Waals surface area contributed by atoms with Crippen LogP contribution in [0.4, 0.5) is 0 Å². The first-order valence-electron chi connectivity index (χ1n) is 4.79. The van der Waals surface area contributed by atoms with E-state index in [4.69, 9.17) is 4.74 Å². The van der Waals surface area contributed by atoms with E-state index < -0.39 is 0 Å². The predicted molar refractivity (Wildman–Crippen MR) is 59.5 cm³/mol. The Kier molecular flexibility index (Phi) is 4.20. The van der Waals surface area contributed by atoms with E-state index in [1.54, 1.807) is 6.08 Å². The van der Waals surface area contributed by atoms with Crippen LogP contribution in [0.1, 0.15) is 12.5 Å². The zero-order chi connectivity index (χ0) is 10.4. The third kappa shape index (κ3) is 2.89. The van der Waals surface area contributed by atoms with Gasteiger partial charge in [0.2, 0.25) is 0 Å². The summed E-state index contributed by atoms with van der Waals surface area (Å²) in [5.74, 6) is 0.925. The number of ether oxygens (including phenoxy) is 1. The largest absolute Gasteiger partial charge is 0.486 e. The third-order valence-corrected chi connectivity index (χ3v) is 1.98. The highest BCUT2D eigenvalue weighted by molar-refractivity contribution is 5.33. The highest BCUT2D eigenvalue weighted by Gasteiger charge is 2.03. The summed E-state index contributed by atoms with van der Waals surface area (Å²) in [6, 6.07) is 8.02. The SMILES string of the molecule is C=CC(C)Oc1ccccc1CNC. The second-order valence-electron chi connectivity index (χ2n) is 3.20. The molecule has 1 rings (SSSR count). The number of nitrogens with one attached hydrogen (secondary N) is 1. The Balaban J connectivity index is 2.78. The van der Waals surface area contributed by atoms with E-state index >= 15 is 0 Å². The molecule has 1 unspecified atom stereocenters. The summed E-state index contributed by atoms with van der Waals surface area (Å²) in [6.45, 7) is 6.49. The number of benzene rings is 1. The third-order valence-electron chi connectivity index (χ3n) is 1.98. The van der Waals surface area contributed by atoms with Crippen LogP contribution in [0.3, 0.4) is 0 Å². The minimum atomic E-state index is 0.0491. The van der Waals surface area contributed by atoms with Crippen molar-refractivity contribution in [3.8, 4) is 5.75 Å². The Morgan fingerprint density at radius 1 is 1.50 bits per heavy atom. The van der Waals surface area contributed by atoms with E-state index in [-0.39, 0.29) is 6.10 Å². The molecular weight excluding hydrogens is 174 g/mol. The summed E-state index contributed by atoms with van der Waals surface area (Å²) >= 11 is 0. The van der Waals surface area contributed by atoms with Gasteiger partial charge < -0.3 is 10.1 Å². The second-order valence-corrected chi connectivity index (χ2v) is 3.20. The van der Waals surface area contributed by atoms with Crippen molar-refractivity contribution in [2.24, 2.45) is 0 Å². The van der Waals surface area contributed by atoms with Crippen LogP contribution in [-0.2, 0) is 6.54 Å². The van der Waals surface area contributed by atoms with Gasteiger partial charge in [-0.25, -0.2) is 0 Å². The van der Waals surface area contributed by atoms with E-state index in [1.807, 2.05) is 32.2 Å². The van der Waals surface area contributed by atoms with Crippen molar-refractivity contribution < 1.29 is 4.74 Å². The van der Waals surface area contributed by atoms with Gasteiger partial charge in [-0.15, -0.1) is 0 Å². The first-order chi connectivity index (χ1) is 6.77. The van der Waals surface area contributed by atoms with Crippen molar-refractivity contribution in [2.45, 2.75) is 19.6 Å². The topological polar surface area (TPSA) is 21.3 Å². The summed E-state index contributed by atoms with van der Waals surface area (Å²) in [5.41, 5.74) is 1.17. The summed E-state index contributed by atoms with van der Waals surface area (Å²) in [6.07, 6.45) is 1.84. The molecule has 0 amide bonds. The number of hydrogen-bond donors (Lipinski definition) is 1. The van der Waals surface area contributed by atoms with Crippen LogP contribution in [0.5, 0.6) is 5.75 Å². The lowest BCUT2D eigenvalue weighted by molar-refractivity contribution is 0.267. The Hall–Kier alpha value is -1.28. The van der Waals surface area contributed by atoms with Gasteiger partial charge in [0.15, 0.2) is 0 Å². The van der Waals surface area contributed by atoms with E-state index in [2.05, 4.69) is 18.0 Å². The van der Waals surface area contributed by atoms with Crippen molar-refractivity contribution in [1.29, 1.82) is 0 Å². The van der Waals surface area contributed by atoms with Gasteiger partial charge in [0.1, 0.15) is 11.9 Å². The monoisotopic (exact) mass is 191 g/mol. The van der Waals surface area contributed by atoms with E-state index in [9.17, 15) is 0 Å². The number of hydrogen-bond acceptors (Lipinski definition) is 2. The number of para-hydroxylation sites is 1. The van der Waals surface area contributed by atoms with Crippen molar-refractivity contribution in [2.75, 3.05) is 7.05 Å². The van der Waals surface area contributed by atoms with Crippen molar-refractivity contribution >= 4 is 0 Å². The van der Waals surface area contributed by atoms with Gasteiger partial charge in [-0.2, -0.15) is 0 Å². The minimum absolute atomic E-state index is 0.0491. The molecule has 0 saturated carbocycles. The van der Waals surface area contributed by atoms with Gasteiger partial charge in [-0.1, -0.05) is 30.9 Å². The zero-order valence-corrected chi connectivity index (χ0v) is 8.79. The predicted octanol–water partition coefficient (Wildman–Crippen LogP) is 2.36. The van der Waals surface area contributed by atoms with E-state index in [0.717, 1.165) is 12.3 Å². The average Bonchev–Trinajstić information content (AvgIpc) is 2.21. The molecule has 0 heterocycles. The van der Waals surface area contributed by atoms with Gasteiger partial charge in [0.05, 0.1) is 0 Å². The lowest BCUT2D eigenvalue weighted by Crippen LogP contribution is -2.12. The molecule has 1 N–H and O–H groups in total. The Morgan fingerprint density at radius 2 is 2.21 bits per heavy atom. The van der Waals surface area contributed by atoms with Gasteiger partial charge >= 0.3 is 0 Å². The molecule has 0 radical (unpaired) electrons. The molecule has 0 fully saturated rings. The molecule has 1 aromatic carbocycles. The van der Waals surface area contributed by atoms with Gasteiger partial charge in [0, 0.05) is 12.1 Å². The second kappa shape index (κ2) is 5.45. The van der Waals surface area contributed by atoms with Crippen molar-refractivity contribution in [3.05, 3.63) is 42.5 Å². The molecule has 0 saturated heterocycles. The molecule has 0 aliphatic rings. The standard InChI is InChI=1S/C12H17NO/c1-4-10(2)14-12-8-6-5-7-11(12)9-13-3/h4-8,10,13H,1,9H2,2-3H3. The molecule has 1 atom stereocenters. The highest BCUT2D eigenvalue weighted by Crippen LogP contribution is 2.19. The Morgan fingerprint density at radius 3 is 2.86 bits per heavy atom. The molecule has 0 aromatic heterocycles. The minimum Gasteiger partial charge on any atom is -0.486 e. The normalized spacial score (nSPS) is 12.1. The molecular formula is C12H17NO. The fraction of sp³-hybridized carbons (Fsp3) is 0.333. The molecule has 14 heavy (non-hydrogen) atoms. The quantitative estimate of drug-likeness (QED) is 0.721. The molecule has 2 heteroatoms. The fourth-order valence-electron chi connectivity index (χ4n) is 1.20. The maximum absolute atomic E-state index is 5.69. The number of rotatable bonds is 5. The lowest BCUT2D eigenvalue weighted by atomic mass is 10.2. The van der Waals surface area contributed by atoms with Crippen LogP contribution in [0.2, 0.25) is 0 Å². The van der Waals surface area contributed by atoms with Crippen LogP contribution in [-0.4, -0.2) is 13.2 Å². The van der Waals surface area contributed by atoms with Crippen LogP contribution >= 0.6 is 0 Å². The smallest absolute Gasteiger partial charge is 0.124 e. The van der Waals surface area contributed by atoms with Crippen LogP contribution in [0, 0.1) is 0 Å². The van der Waals surface area contributed by atoms with Crippen LogP contribution in [0.15, 0.2) is 36.9 Å². The highest BCUT2D eigenvalue weighted by atomic mass is 16.5. The van der Waals surface area contributed by atoms with Crippen LogP contribution in [0.25, 0.3) is 0 Å². The van der Waals surface area contributed by atoms with Crippen LogP contribution < -0.4 is 10.1 Å². The molecule has 0 aliphatic heterocycles. The summed E-state index contributed by atoms with van der Waals surface area (Å²) in [5, 5.41) is 3.11. The van der Waals surface area contributed by atoms with Gasteiger partial charge in [-0.3, -0.25) is 0 Å². The first kappa shape index (κ1) is 10.8. The molecule has 0 spiro atoms. The molecule has 2 nitrogen and oxygen atoms in total. The van der Waals surface area contributed by atoms with Gasteiger partial charge in [-0.05, 0) is 20.0 Å². The first-order valence-corrected chi connectivity index (χ1v) is 4.79.